The molecule has 0 aliphatic rings. The summed E-state index contributed by atoms with van der Waals surface area (Å²) in [6.45, 7) is 1.67. The molecular formula is C24H20F3NO4. The second kappa shape index (κ2) is 10.00. The predicted octanol–water partition coefficient (Wildman–Crippen LogP) is 5.47. The highest BCUT2D eigenvalue weighted by Gasteiger charge is 2.30. The van der Waals surface area contributed by atoms with Gasteiger partial charge in [0.15, 0.2) is 6.10 Å². The maximum Gasteiger partial charge on any atom is 0.416 e. The Morgan fingerprint density at radius 2 is 1.62 bits per heavy atom. The molecule has 0 spiro atoms. The van der Waals surface area contributed by atoms with Crippen molar-refractivity contribution in [1.82, 2.24) is 0 Å². The number of halogens is 3. The molecule has 0 heterocycles. The summed E-state index contributed by atoms with van der Waals surface area (Å²) < 4.78 is 49.2. The van der Waals surface area contributed by atoms with E-state index in [1.165, 1.54) is 36.4 Å². The zero-order chi connectivity index (χ0) is 23.1. The van der Waals surface area contributed by atoms with Crippen molar-refractivity contribution in [1.29, 1.82) is 0 Å². The van der Waals surface area contributed by atoms with Gasteiger partial charge in [-0.3, -0.25) is 4.79 Å². The SMILES string of the molecule is CC(Oc1ccc(C(=O)Nc2cccc(C(F)(F)F)c2)cc1)C(=O)OCc1ccccc1. The van der Waals surface area contributed by atoms with E-state index in [-0.39, 0.29) is 17.9 Å². The van der Waals surface area contributed by atoms with Gasteiger partial charge in [-0.15, -0.1) is 0 Å². The smallest absolute Gasteiger partial charge is 0.416 e. The molecule has 1 amide bonds. The molecule has 1 atom stereocenters. The summed E-state index contributed by atoms with van der Waals surface area (Å²) in [5.41, 5.74) is 0.241. The van der Waals surface area contributed by atoms with E-state index in [0.717, 1.165) is 17.7 Å². The van der Waals surface area contributed by atoms with Crippen LogP contribution < -0.4 is 10.1 Å². The van der Waals surface area contributed by atoms with Gasteiger partial charge < -0.3 is 14.8 Å². The van der Waals surface area contributed by atoms with Crippen molar-refractivity contribution in [2.75, 3.05) is 5.32 Å². The summed E-state index contributed by atoms with van der Waals surface area (Å²) >= 11 is 0. The molecule has 3 aromatic rings. The van der Waals surface area contributed by atoms with Crippen molar-refractivity contribution in [2.45, 2.75) is 25.8 Å². The summed E-state index contributed by atoms with van der Waals surface area (Å²) in [7, 11) is 0. The number of anilines is 1. The van der Waals surface area contributed by atoms with Crippen molar-refractivity contribution in [3.63, 3.8) is 0 Å². The van der Waals surface area contributed by atoms with Crippen molar-refractivity contribution in [3.05, 3.63) is 95.6 Å². The van der Waals surface area contributed by atoms with E-state index in [4.69, 9.17) is 9.47 Å². The van der Waals surface area contributed by atoms with E-state index in [2.05, 4.69) is 5.32 Å². The van der Waals surface area contributed by atoms with Crippen LogP contribution in [0, 0.1) is 0 Å². The third-order valence-corrected chi connectivity index (χ3v) is 4.43. The van der Waals surface area contributed by atoms with Crippen molar-refractivity contribution < 1.29 is 32.2 Å². The van der Waals surface area contributed by atoms with Crippen LogP contribution in [0.4, 0.5) is 18.9 Å². The number of esters is 1. The van der Waals surface area contributed by atoms with Crippen LogP contribution in [0.15, 0.2) is 78.9 Å². The lowest BCUT2D eigenvalue weighted by atomic mass is 10.1. The highest BCUT2D eigenvalue weighted by Crippen LogP contribution is 2.30. The number of nitrogens with one attached hydrogen (secondary N) is 1. The fourth-order valence-electron chi connectivity index (χ4n) is 2.76. The van der Waals surface area contributed by atoms with Gasteiger partial charge in [0.25, 0.3) is 5.91 Å². The summed E-state index contributed by atoms with van der Waals surface area (Å²) in [6, 6.07) is 19.4. The number of carbonyl (C=O) groups excluding carboxylic acids is 2. The summed E-state index contributed by atoms with van der Waals surface area (Å²) in [5.74, 6) is -0.781. The van der Waals surface area contributed by atoms with Crippen molar-refractivity contribution in [3.8, 4) is 5.75 Å². The third-order valence-electron chi connectivity index (χ3n) is 4.43. The summed E-state index contributed by atoms with van der Waals surface area (Å²) in [5, 5.41) is 2.43. The van der Waals surface area contributed by atoms with E-state index >= 15 is 0 Å². The Bertz CT molecular complexity index is 1070. The Morgan fingerprint density at radius 3 is 2.28 bits per heavy atom. The first kappa shape index (κ1) is 22.9. The molecule has 166 valence electrons. The lowest BCUT2D eigenvalue weighted by Crippen LogP contribution is -2.26. The minimum atomic E-state index is -4.50. The van der Waals surface area contributed by atoms with E-state index < -0.39 is 29.7 Å². The topological polar surface area (TPSA) is 64.6 Å². The molecule has 0 aromatic heterocycles. The Labute approximate surface area is 182 Å². The first-order valence-corrected chi connectivity index (χ1v) is 9.68. The molecular weight excluding hydrogens is 423 g/mol. The lowest BCUT2D eigenvalue weighted by Gasteiger charge is -2.14. The van der Waals surface area contributed by atoms with Gasteiger partial charge in [0.1, 0.15) is 12.4 Å². The Morgan fingerprint density at radius 1 is 0.938 bits per heavy atom. The van der Waals surface area contributed by atoms with Gasteiger partial charge in [0.05, 0.1) is 5.56 Å². The number of hydrogen-bond acceptors (Lipinski definition) is 4. The van der Waals surface area contributed by atoms with Gasteiger partial charge >= 0.3 is 12.1 Å². The van der Waals surface area contributed by atoms with E-state index in [0.29, 0.717) is 5.75 Å². The highest BCUT2D eigenvalue weighted by molar-refractivity contribution is 6.04. The van der Waals surface area contributed by atoms with Gasteiger partial charge in [0.2, 0.25) is 0 Å². The molecule has 3 rings (SSSR count). The first-order valence-electron chi connectivity index (χ1n) is 9.68. The molecule has 0 saturated heterocycles. The third kappa shape index (κ3) is 6.34. The maximum atomic E-state index is 12.8. The molecule has 0 bridgehead atoms. The fraction of sp³-hybridized carbons (Fsp3) is 0.167. The molecule has 0 aliphatic carbocycles. The minimum Gasteiger partial charge on any atom is -0.479 e. The predicted molar refractivity (Wildman–Crippen MR) is 112 cm³/mol. The lowest BCUT2D eigenvalue weighted by molar-refractivity contribution is -0.152. The standard InChI is InChI=1S/C24H20F3NO4/c1-16(23(30)31-15-17-6-3-2-4-7-17)32-21-12-10-18(11-13-21)22(29)28-20-9-5-8-19(14-20)24(25,26)27/h2-14,16H,15H2,1H3,(H,28,29). The average molecular weight is 443 g/mol. The summed E-state index contributed by atoms with van der Waals surface area (Å²) in [4.78, 5) is 24.4. The minimum absolute atomic E-state index is 0.0277. The van der Waals surface area contributed by atoms with Crippen LogP contribution in [0.2, 0.25) is 0 Å². The zero-order valence-corrected chi connectivity index (χ0v) is 17.1. The molecule has 5 nitrogen and oxygen atoms in total. The van der Waals surface area contributed by atoms with Crippen LogP contribution in [0.5, 0.6) is 5.75 Å². The van der Waals surface area contributed by atoms with Crippen LogP contribution in [-0.4, -0.2) is 18.0 Å². The number of carbonyl (C=O) groups is 2. The quantitative estimate of drug-likeness (QED) is 0.492. The Hall–Kier alpha value is -3.81. The average Bonchev–Trinajstić information content (AvgIpc) is 2.78. The van der Waals surface area contributed by atoms with Gasteiger partial charge in [-0.05, 0) is 55.0 Å². The second-order valence-electron chi connectivity index (χ2n) is 6.91. The molecule has 0 radical (unpaired) electrons. The molecule has 3 aromatic carbocycles. The van der Waals surface area contributed by atoms with Crippen molar-refractivity contribution in [2.24, 2.45) is 0 Å². The number of rotatable bonds is 7. The van der Waals surface area contributed by atoms with Crippen LogP contribution in [-0.2, 0) is 22.3 Å². The zero-order valence-electron chi connectivity index (χ0n) is 17.1. The fourth-order valence-corrected chi connectivity index (χ4v) is 2.76. The second-order valence-corrected chi connectivity index (χ2v) is 6.91. The van der Waals surface area contributed by atoms with E-state index in [1.54, 1.807) is 6.92 Å². The molecule has 1 N–H and O–H groups in total. The summed E-state index contributed by atoms with van der Waals surface area (Å²) in [6.07, 6.45) is -5.37. The normalized spacial score (nSPS) is 12.0. The first-order chi connectivity index (χ1) is 15.2. The molecule has 0 aliphatic heterocycles. The van der Waals surface area contributed by atoms with Crippen LogP contribution >= 0.6 is 0 Å². The number of alkyl halides is 3. The van der Waals surface area contributed by atoms with Crippen LogP contribution in [0.1, 0.15) is 28.4 Å². The van der Waals surface area contributed by atoms with E-state index in [1.807, 2.05) is 30.3 Å². The molecule has 8 heteroatoms. The largest absolute Gasteiger partial charge is 0.479 e. The van der Waals surface area contributed by atoms with Crippen LogP contribution in [0.3, 0.4) is 0 Å². The van der Waals surface area contributed by atoms with Gasteiger partial charge in [-0.1, -0.05) is 36.4 Å². The molecule has 32 heavy (non-hydrogen) atoms. The number of hydrogen-bond donors (Lipinski definition) is 1. The van der Waals surface area contributed by atoms with Crippen molar-refractivity contribution >= 4 is 17.6 Å². The number of benzene rings is 3. The van der Waals surface area contributed by atoms with Gasteiger partial charge in [0, 0.05) is 11.3 Å². The monoisotopic (exact) mass is 443 g/mol. The van der Waals surface area contributed by atoms with E-state index in [9.17, 15) is 22.8 Å². The maximum absolute atomic E-state index is 12.8. The Balaban J connectivity index is 1.55. The number of amides is 1. The molecule has 1 unspecified atom stereocenters. The molecule has 0 fully saturated rings. The van der Waals surface area contributed by atoms with Gasteiger partial charge in [-0.2, -0.15) is 13.2 Å². The molecule has 0 saturated carbocycles. The van der Waals surface area contributed by atoms with Crippen LogP contribution in [0.25, 0.3) is 0 Å². The highest BCUT2D eigenvalue weighted by atomic mass is 19.4. The van der Waals surface area contributed by atoms with Gasteiger partial charge in [-0.25, -0.2) is 4.79 Å². The Kier molecular flexibility index (Phi) is 7.14. The number of ether oxygens (including phenoxy) is 2.